The molecule has 5 nitrogen and oxygen atoms in total. The summed E-state index contributed by atoms with van der Waals surface area (Å²) in [7, 11) is -1.70. The summed E-state index contributed by atoms with van der Waals surface area (Å²) in [5.41, 5.74) is 12.0. The zero-order valence-corrected chi connectivity index (χ0v) is 40.1. The minimum Gasteiger partial charge on any atom is -0.501 e. The molecule has 0 atom stereocenters. The molecule has 7 heteroatoms. The molecular formula is C54H54IrN4OSi-2. The first-order valence-corrected chi connectivity index (χ1v) is 24.2. The summed E-state index contributed by atoms with van der Waals surface area (Å²) in [4.78, 5) is 14.2. The van der Waals surface area contributed by atoms with Gasteiger partial charge in [-0.2, -0.15) is 0 Å². The Labute approximate surface area is 378 Å². The average molecular weight is 997 g/mol. The molecule has 9 aromatic rings. The number of hydrogen-bond acceptors (Lipinski definition) is 4. The Morgan fingerprint density at radius 1 is 0.770 bits per heavy atom. The van der Waals surface area contributed by atoms with Crippen molar-refractivity contribution in [3.8, 4) is 39.5 Å². The van der Waals surface area contributed by atoms with Crippen molar-refractivity contribution in [2.75, 3.05) is 0 Å². The number of pyridine rings is 2. The molecule has 9 rings (SSSR count). The summed E-state index contributed by atoms with van der Waals surface area (Å²) in [6.07, 6.45) is 4.16. The van der Waals surface area contributed by atoms with E-state index < -0.39 is 19.9 Å². The zero-order chi connectivity index (χ0) is 44.2. The molecule has 4 aromatic heterocycles. The first kappa shape index (κ1) is 40.9. The topological polar surface area (TPSA) is 56.7 Å². The van der Waals surface area contributed by atoms with Crippen LogP contribution in [0.4, 0.5) is 0 Å². The maximum absolute atomic E-state index is 8.75. The molecule has 311 valence electrons. The number of aryl methyl sites for hydroxylation is 1. The molecule has 0 saturated heterocycles. The number of benzene rings is 5. The Hall–Kier alpha value is -5.46. The second kappa shape index (κ2) is 17.1. The van der Waals surface area contributed by atoms with Gasteiger partial charge in [0, 0.05) is 46.3 Å². The minimum absolute atomic E-state index is 0. The maximum atomic E-state index is 8.75. The van der Waals surface area contributed by atoms with E-state index in [1.54, 1.807) is 6.20 Å². The smallest absolute Gasteiger partial charge is 0.121 e. The van der Waals surface area contributed by atoms with Gasteiger partial charge in [0.2, 0.25) is 0 Å². The molecule has 4 heterocycles. The van der Waals surface area contributed by atoms with Crippen LogP contribution >= 0.6 is 0 Å². The summed E-state index contributed by atoms with van der Waals surface area (Å²) >= 11 is 0. The van der Waals surface area contributed by atoms with Crippen molar-refractivity contribution in [1.82, 2.24) is 19.5 Å². The van der Waals surface area contributed by atoms with Crippen molar-refractivity contribution < 1.29 is 27.3 Å². The van der Waals surface area contributed by atoms with E-state index in [1.165, 1.54) is 22.3 Å². The van der Waals surface area contributed by atoms with E-state index in [9.17, 15) is 0 Å². The largest absolute Gasteiger partial charge is 0.501 e. The molecule has 0 unspecified atom stereocenters. The van der Waals surface area contributed by atoms with Crippen molar-refractivity contribution in [1.29, 1.82) is 0 Å². The monoisotopic (exact) mass is 997 g/mol. The molecule has 0 aliphatic heterocycles. The molecule has 5 aromatic carbocycles. The number of aromatic nitrogens is 4. The van der Waals surface area contributed by atoms with Crippen LogP contribution in [-0.4, -0.2) is 27.6 Å². The van der Waals surface area contributed by atoms with Crippen LogP contribution in [-0.2, 0) is 31.9 Å². The van der Waals surface area contributed by atoms with Gasteiger partial charge >= 0.3 is 0 Å². The molecule has 61 heavy (non-hydrogen) atoms. The van der Waals surface area contributed by atoms with E-state index in [2.05, 4.69) is 147 Å². The fourth-order valence-electron chi connectivity index (χ4n) is 7.75. The van der Waals surface area contributed by atoms with Crippen molar-refractivity contribution in [3.63, 3.8) is 0 Å². The van der Waals surface area contributed by atoms with Gasteiger partial charge in [-0.15, -0.1) is 54.1 Å². The van der Waals surface area contributed by atoms with E-state index >= 15 is 0 Å². The van der Waals surface area contributed by atoms with E-state index in [4.69, 9.17) is 12.1 Å². The molecule has 0 spiro atoms. The Bertz CT molecular complexity index is 3070. The number of imidazole rings is 1. The number of fused-ring (bicyclic) bond motifs is 4. The van der Waals surface area contributed by atoms with Gasteiger partial charge in [0.15, 0.2) is 0 Å². The fraction of sp³-hybridized carbons (Fsp3) is 0.241. The first-order chi connectivity index (χ1) is 29.3. The van der Waals surface area contributed by atoms with E-state index in [0.29, 0.717) is 0 Å². The first-order valence-electron chi connectivity index (χ1n) is 21.7. The molecule has 0 fully saturated rings. The summed E-state index contributed by atoms with van der Waals surface area (Å²) in [5, 5.41) is 3.25. The van der Waals surface area contributed by atoms with Crippen molar-refractivity contribution in [3.05, 3.63) is 163 Å². The Balaban J connectivity index is 0.000000213. The molecule has 0 amide bonds. The van der Waals surface area contributed by atoms with Gasteiger partial charge in [0.25, 0.3) is 0 Å². The second-order valence-electron chi connectivity index (χ2n) is 18.7. The van der Waals surface area contributed by atoms with Crippen LogP contribution in [0.1, 0.15) is 61.0 Å². The third kappa shape index (κ3) is 9.25. The third-order valence-electron chi connectivity index (χ3n) is 10.6. The third-order valence-corrected chi connectivity index (χ3v) is 12.6. The summed E-state index contributed by atoms with van der Waals surface area (Å²) in [5.74, 6) is 0.789. The van der Waals surface area contributed by atoms with Crippen molar-refractivity contribution >= 4 is 46.2 Å². The maximum Gasteiger partial charge on any atom is 0.121 e. The molecule has 0 N–H and O–H groups in total. The molecule has 0 aliphatic carbocycles. The van der Waals surface area contributed by atoms with Gasteiger partial charge < -0.3 is 14.0 Å². The average Bonchev–Trinajstić information content (AvgIpc) is 3.81. The Morgan fingerprint density at radius 2 is 1.54 bits per heavy atom. The second-order valence-corrected chi connectivity index (χ2v) is 23.7. The predicted molar refractivity (Wildman–Crippen MR) is 254 cm³/mol. The quantitative estimate of drug-likeness (QED) is 0.123. The van der Waals surface area contributed by atoms with Crippen molar-refractivity contribution in [2.45, 2.75) is 79.9 Å². The molecular weight excluding hydrogens is 941 g/mol. The Morgan fingerprint density at radius 3 is 2.25 bits per heavy atom. The number of hydrogen-bond donors (Lipinski definition) is 0. The fourth-order valence-corrected chi connectivity index (χ4v) is 9.15. The van der Waals surface area contributed by atoms with E-state index in [-0.39, 0.29) is 25.5 Å². The molecule has 0 aliphatic rings. The van der Waals surface area contributed by atoms with Gasteiger partial charge in [-0.3, -0.25) is 9.97 Å². The molecule has 1 radical (unpaired) electrons. The van der Waals surface area contributed by atoms with Gasteiger partial charge in [-0.25, -0.2) is 0 Å². The van der Waals surface area contributed by atoms with E-state index in [0.717, 1.165) is 72.1 Å². The standard InChI is InChI=1S/C35H28N3O.C19H26NSi.Ir/c1-22-13-15-25-26-11-8-12-27(33(26)39-32(25)19-22)34-37-29-17-18-36-21-31(29)38(34)30-16-14-24(20-28(30)35(2,3)4)23-9-6-5-7-10-23;1-19(2,3)13-16-12-17(15-10-8-7-9-11-15)20-14-18(16)21(4,5)6;/h5-11,13-21H,1-4H3;7-10,12,14H,13H2,1-6H3;/q2*-1;/i;13D2;. The van der Waals surface area contributed by atoms with Crippen LogP contribution in [0.25, 0.3) is 72.4 Å². The summed E-state index contributed by atoms with van der Waals surface area (Å²) in [6.45, 7) is 21.4. The van der Waals surface area contributed by atoms with Crippen LogP contribution < -0.4 is 5.19 Å². The minimum atomic E-state index is -1.70. The van der Waals surface area contributed by atoms with Crippen LogP contribution in [0.15, 0.2) is 138 Å². The predicted octanol–water partition coefficient (Wildman–Crippen LogP) is 13.7. The SMILES string of the molecule is Cc1ccc2c(c1)oc1c(-c3nc4ccncc4n3-c3ccc(-c4ccccc4)cc3C(C)(C)C)[c-]ccc12.[2H]C([2H])(c1cc(-c2[c-]cccc2)ncc1[Si](C)(C)C)C(C)(C)C.[Ir]. The molecule has 0 saturated carbocycles. The van der Waals surface area contributed by atoms with Crippen LogP contribution in [0, 0.1) is 24.5 Å². The van der Waals surface area contributed by atoms with Gasteiger partial charge in [-0.1, -0.05) is 132 Å². The van der Waals surface area contributed by atoms with Crippen LogP contribution in [0.3, 0.4) is 0 Å². The Kier molecular flexibility index (Phi) is 11.5. The normalized spacial score (nSPS) is 12.8. The summed E-state index contributed by atoms with van der Waals surface area (Å²) < 4.78 is 26.2. The van der Waals surface area contributed by atoms with E-state index in [1.807, 2.05) is 75.6 Å². The number of nitrogens with zero attached hydrogens (tertiary/aromatic N) is 4. The number of furan rings is 1. The van der Waals surface area contributed by atoms with Gasteiger partial charge in [0.05, 0.1) is 36.7 Å². The van der Waals surface area contributed by atoms with Crippen molar-refractivity contribution in [2.24, 2.45) is 5.41 Å². The van der Waals surface area contributed by atoms with Gasteiger partial charge in [-0.05, 0) is 81.5 Å². The van der Waals surface area contributed by atoms with Crippen LogP contribution in [0.2, 0.25) is 19.6 Å². The van der Waals surface area contributed by atoms with Gasteiger partial charge in [0.1, 0.15) is 5.58 Å². The summed E-state index contributed by atoms with van der Waals surface area (Å²) in [6, 6.07) is 45.9. The number of rotatable bonds is 6. The molecule has 0 bridgehead atoms. The zero-order valence-electron chi connectivity index (χ0n) is 38.7. The van der Waals surface area contributed by atoms with Crippen LogP contribution in [0.5, 0.6) is 0 Å².